The fourth-order valence-electron chi connectivity index (χ4n) is 2.48. The summed E-state index contributed by atoms with van der Waals surface area (Å²) in [6.07, 6.45) is 4.01. The number of nitrogens with one attached hydrogen (secondary N) is 2. The number of carbonyl (C=O) groups excluding carboxylic acids is 1. The Morgan fingerprint density at radius 3 is 2.83 bits per heavy atom. The normalized spacial score (nSPS) is 23.6. The van der Waals surface area contributed by atoms with Gasteiger partial charge in [-0.2, -0.15) is 0 Å². The first-order chi connectivity index (χ1) is 8.60. The average Bonchev–Trinajstić information content (AvgIpc) is 2.78. The Bertz CT molecular complexity index is 248. The summed E-state index contributed by atoms with van der Waals surface area (Å²) in [5, 5.41) is 6.37. The average molecular weight is 256 g/mol. The van der Waals surface area contributed by atoms with Crippen LogP contribution in [0.1, 0.15) is 46.5 Å². The Labute approximate surface area is 111 Å². The van der Waals surface area contributed by atoms with Gasteiger partial charge >= 0.3 is 0 Å². The van der Waals surface area contributed by atoms with Crippen LogP contribution in [0.3, 0.4) is 0 Å². The highest BCUT2D eigenvalue weighted by atomic mass is 16.5. The van der Waals surface area contributed by atoms with E-state index >= 15 is 0 Å². The molecular formula is C14H28N2O2. The zero-order valence-corrected chi connectivity index (χ0v) is 12.1. The largest absolute Gasteiger partial charge is 0.379 e. The van der Waals surface area contributed by atoms with E-state index in [0.29, 0.717) is 19.1 Å². The lowest BCUT2D eigenvalue weighted by atomic mass is 9.91. The monoisotopic (exact) mass is 256 g/mol. The minimum absolute atomic E-state index is 0.148. The van der Waals surface area contributed by atoms with Crippen molar-refractivity contribution in [1.29, 1.82) is 0 Å². The summed E-state index contributed by atoms with van der Waals surface area (Å²) < 4.78 is 5.47. The van der Waals surface area contributed by atoms with Crippen molar-refractivity contribution in [3.8, 4) is 0 Å². The second-order valence-corrected chi connectivity index (χ2v) is 5.59. The Balaban J connectivity index is 2.25. The molecule has 4 heteroatoms. The van der Waals surface area contributed by atoms with Crippen molar-refractivity contribution in [2.75, 3.05) is 26.3 Å². The Morgan fingerprint density at radius 2 is 2.28 bits per heavy atom. The fraction of sp³-hybridized carbons (Fsp3) is 0.929. The van der Waals surface area contributed by atoms with Crippen LogP contribution in [0, 0.1) is 5.92 Å². The van der Waals surface area contributed by atoms with Gasteiger partial charge in [0.05, 0.1) is 12.1 Å². The predicted octanol–water partition coefficient (Wildman–Crippen LogP) is 1.70. The first-order valence-electron chi connectivity index (χ1n) is 7.22. The minimum Gasteiger partial charge on any atom is -0.379 e. The van der Waals surface area contributed by atoms with Gasteiger partial charge in [-0.25, -0.2) is 0 Å². The van der Waals surface area contributed by atoms with E-state index in [1.54, 1.807) is 0 Å². The highest BCUT2D eigenvalue weighted by Crippen LogP contribution is 2.24. The number of amides is 1. The Hall–Kier alpha value is -0.610. The van der Waals surface area contributed by atoms with Crippen LogP contribution in [0.4, 0.5) is 0 Å². The molecule has 106 valence electrons. The highest BCUT2D eigenvalue weighted by Gasteiger charge is 2.39. The molecule has 0 radical (unpaired) electrons. The molecule has 1 rings (SSSR count). The molecule has 1 heterocycles. The second kappa shape index (κ2) is 7.74. The molecule has 0 aromatic heterocycles. The molecule has 0 saturated carbocycles. The van der Waals surface area contributed by atoms with Gasteiger partial charge in [0.15, 0.2) is 0 Å². The summed E-state index contributed by atoms with van der Waals surface area (Å²) >= 11 is 0. The number of hydrogen-bond donors (Lipinski definition) is 2. The van der Waals surface area contributed by atoms with Crippen LogP contribution in [0.25, 0.3) is 0 Å². The van der Waals surface area contributed by atoms with E-state index in [1.165, 1.54) is 0 Å². The Morgan fingerprint density at radius 1 is 1.50 bits per heavy atom. The molecule has 1 fully saturated rings. The first-order valence-corrected chi connectivity index (χ1v) is 7.22. The molecule has 1 amide bonds. The van der Waals surface area contributed by atoms with Crippen molar-refractivity contribution < 1.29 is 9.53 Å². The molecule has 2 N–H and O–H groups in total. The quantitative estimate of drug-likeness (QED) is 0.650. The molecule has 0 aromatic rings. The van der Waals surface area contributed by atoms with E-state index in [-0.39, 0.29) is 11.4 Å². The lowest BCUT2D eigenvalue weighted by molar-refractivity contribution is -0.127. The van der Waals surface area contributed by atoms with Gasteiger partial charge in [-0.05, 0) is 31.7 Å². The SMILES string of the molecule is CCCC1(C(=O)NCCOCC(C)C)CCCN1. The number of rotatable bonds is 8. The van der Waals surface area contributed by atoms with Crippen molar-refractivity contribution >= 4 is 5.91 Å². The van der Waals surface area contributed by atoms with E-state index in [0.717, 1.165) is 38.8 Å². The lowest BCUT2D eigenvalue weighted by Gasteiger charge is -2.27. The number of ether oxygens (including phenoxy) is 1. The van der Waals surface area contributed by atoms with Crippen LogP contribution in [0.5, 0.6) is 0 Å². The van der Waals surface area contributed by atoms with Gasteiger partial charge in [-0.3, -0.25) is 4.79 Å². The third-order valence-corrected chi connectivity index (χ3v) is 3.34. The maximum Gasteiger partial charge on any atom is 0.240 e. The second-order valence-electron chi connectivity index (χ2n) is 5.59. The van der Waals surface area contributed by atoms with Gasteiger partial charge in [0.1, 0.15) is 0 Å². The van der Waals surface area contributed by atoms with E-state index in [4.69, 9.17) is 4.74 Å². The lowest BCUT2D eigenvalue weighted by Crippen LogP contribution is -2.53. The van der Waals surface area contributed by atoms with Crippen molar-refractivity contribution in [3.05, 3.63) is 0 Å². The van der Waals surface area contributed by atoms with Gasteiger partial charge in [0.25, 0.3) is 0 Å². The maximum atomic E-state index is 12.2. The van der Waals surface area contributed by atoms with Crippen molar-refractivity contribution in [1.82, 2.24) is 10.6 Å². The third-order valence-electron chi connectivity index (χ3n) is 3.34. The minimum atomic E-state index is -0.313. The molecule has 0 aromatic carbocycles. The van der Waals surface area contributed by atoms with Gasteiger partial charge in [-0.15, -0.1) is 0 Å². The number of carbonyl (C=O) groups is 1. The summed E-state index contributed by atoms with van der Waals surface area (Å²) in [4.78, 5) is 12.2. The molecule has 1 atom stereocenters. The molecule has 1 aliphatic rings. The summed E-state index contributed by atoms with van der Waals surface area (Å²) in [5.41, 5.74) is -0.313. The maximum absolute atomic E-state index is 12.2. The van der Waals surface area contributed by atoms with E-state index in [2.05, 4.69) is 31.4 Å². The van der Waals surface area contributed by atoms with Gasteiger partial charge in [0.2, 0.25) is 5.91 Å². The topological polar surface area (TPSA) is 50.4 Å². The van der Waals surface area contributed by atoms with E-state index < -0.39 is 0 Å². The third kappa shape index (κ3) is 4.58. The van der Waals surface area contributed by atoms with Crippen LogP contribution in [0.2, 0.25) is 0 Å². The molecule has 0 spiro atoms. The fourth-order valence-corrected chi connectivity index (χ4v) is 2.48. The molecule has 1 saturated heterocycles. The van der Waals surface area contributed by atoms with Crippen LogP contribution >= 0.6 is 0 Å². The zero-order valence-electron chi connectivity index (χ0n) is 12.1. The van der Waals surface area contributed by atoms with Crippen LogP contribution in [-0.4, -0.2) is 37.7 Å². The summed E-state index contributed by atoms with van der Waals surface area (Å²) in [6, 6.07) is 0. The molecule has 4 nitrogen and oxygen atoms in total. The van der Waals surface area contributed by atoms with Crippen molar-refractivity contribution in [2.45, 2.75) is 52.0 Å². The smallest absolute Gasteiger partial charge is 0.240 e. The highest BCUT2D eigenvalue weighted by molar-refractivity contribution is 5.86. The number of hydrogen-bond acceptors (Lipinski definition) is 3. The van der Waals surface area contributed by atoms with E-state index in [9.17, 15) is 4.79 Å². The summed E-state index contributed by atoms with van der Waals surface area (Å²) in [6.45, 7) is 9.30. The van der Waals surface area contributed by atoms with Crippen LogP contribution < -0.4 is 10.6 Å². The van der Waals surface area contributed by atoms with E-state index in [1.807, 2.05) is 0 Å². The summed E-state index contributed by atoms with van der Waals surface area (Å²) in [7, 11) is 0. The molecule has 1 aliphatic heterocycles. The molecule has 0 bridgehead atoms. The van der Waals surface area contributed by atoms with Gasteiger partial charge in [0, 0.05) is 13.2 Å². The zero-order chi connectivity index (χ0) is 13.4. The molecule has 1 unspecified atom stereocenters. The first kappa shape index (κ1) is 15.4. The predicted molar refractivity (Wildman–Crippen MR) is 73.5 cm³/mol. The molecular weight excluding hydrogens is 228 g/mol. The standard InChI is InChI=1S/C14H28N2O2/c1-4-6-14(7-5-8-16-14)13(17)15-9-10-18-11-12(2)3/h12,16H,4-11H2,1-3H3,(H,15,17). The summed E-state index contributed by atoms with van der Waals surface area (Å²) in [5.74, 6) is 0.693. The molecule has 18 heavy (non-hydrogen) atoms. The van der Waals surface area contributed by atoms with Crippen molar-refractivity contribution in [2.24, 2.45) is 5.92 Å². The Kier molecular flexibility index (Phi) is 6.65. The van der Waals surface area contributed by atoms with Crippen LogP contribution in [0.15, 0.2) is 0 Å². The van der Waals surface area contributed by atoms with Gasteiger partial charge < -0.3 is 15.4 Å². The van der Waals surface area contributed by atoms with Crippen LogP contribution in [-0.2, 0) is 9.53 Å². The van der Waals surface area contributed by atoms with Crippen molar-refractivity contribution in [3.63, 3.8) is 0 Å². The van der Waals surface area contributed by atoms with Gasteiger partial charge in [-0.1, -0.05) is 27.2 Å². The molecule has 0 aliphatic carbocycles.